The van der Waals surface area contributed by atoms with E-state index < -0.39 is 0 Å². The van der Waals surface area contributed by atoms with Crippen molar-refractivity contribution in [2.24, 2.45) is 0 Å². The Morgan fingerprint density at radius 3 is 2.53 bits per heavy atom. The normalized spacial score (nSPS) is 9.87. The Labute approximate surface area is 90.7 Å². The average Bonchev–Trinajstić information content (AvgIpc) is 2.15. The van der Waals surface area contributed by atoms with E-state index >= 15 is 0 Å². The number of rotatable bonds is 3. The number of nitrogens with zero attached hydrogens (tertiary/aromatic N) is 1. The maximum atomic E-state index is 11.3. The molecule has 0 heterocycles. The fourth-order valence-electron chi connectivity index (χ4n) is 1.23. The zero-order chi connectivity index (χ0) is 11.4. The molecule has 1 aromatic carbocycles. The Morgan fingerprint density at radius 2 is 2.00 bits per heavy atom. The first-order valence-corrected chi connectivity index (χ1v) is 4.91. The molecule has 0 spiro atoms. The van der Waals surface area contributed by atoms with Crippen LogP contribution in [0.3, 0.4) is 0 Å². The molecule has 0 aromatic heterocycles. The molecule has 82 valence electrons. The second-order valence-corrected chi connectivity index (χ2v) is 3.85. The topological polar surface area (TPSA) is 29.5 Å². The van der Waals surface area contributed by atoms with Crippen molar-refractivity contribution >= 4 is 5.91 Å². The zero-order valence-electron chi connectivity index (χ0n) is 9.70. The van der Waals surface area contributed by atoms with E-state index in [1.807, 2.05) is 32.0 Å². The van der Waals surface area contributed by atoms with Gasteiger partial charge in [0.05, 0.1) is 0 Å². The monoisotopic (exact) mass is 207 g/mol. The molecule has 15 heavy (non-hydrogen) atoms. The van der Waals surface area contributed by atoms with Gasteiger partial charge in [0.2, 0.25) is 0 Å². The van der Waals surface area contributed by atoms with Crippen molar-refractivity contribution in [1.82, 2.24) is 4.90 Å². The third-order valence-electron chi connectivity index (χ3n) is 2.18. The Kier molecular flexibility index (Phi) is 3.72. The fraction of sp³-hybridized carbons (Fsp3) is 0.417. The van der Waals surface area contributed by atoms with Gasteiger partial charge in [0.15, 0.2) is 6.61 Å². The van der Waals surface area contributed by atoms with Crippen molar-refractivity contribution < 1.29 is 9.53 Å². The van der Waals surface area contributed by atoms with Gasteiger partial charge in [0.25, 0.3) is 5.91 Å². The van der Waals surface area contributed by atoms with Crippen LogP contribution in [-0.4, -0.2) is 31.5 Å². The van der Waals surface area contributed by atoms with Gasteiger partial charge in [-0.15, -0.1) is 0 Å². The second kappa shape index (κ2) is 4.82. The Morgan fingerprint density at radius 1 is 1.33 bits per heavy atom. The highest BCUT2D eigenvalue weighted by Gasteiger charge is 2.06. The van der Waals surface area contributed by atoms with Crippen molar-refractivity contribution in [2.45, 2.75) is 13.8 Å². The molecule has 0 saturated carbocycles. The third kappa shape index (κ3) is 3.27. The van der Waals surface area contributed by atoms with E-state index in [1.165, 1.54) is 10.5 Å². The molecule has 0 N–H and O–H groups in total. The van der Waals surface area contributed by atoms with E-state index in [2.05, 4.69) is 0 Å². The number of hydrogen-bond donors (Lipinski definition) is 0. The lowest BCUT2D eigenvalue weighted by molar-refractivity contribution is -0.130. The van der Waals surface area contributed by atoms with Crippen LogP contribution in [-0.2, 0) is 4.79 Å². The molecule has 1 amide bonds. The van der Waals surface area contributed by atoms with E-state index in [0.29, 0.717) is 0 Å². The molecule has 0 aliphatic carbocycles. The van der Waals surface area contributed by atoms with Crippen molar-refractivity contribution in [3.05, 3.63) is 29.3 Å². The van der Waals surface area contributed by atoms with E-state index in [9.17, 15) is 4.79 Å². The summed E-state index contributed by atoms with van der Waals surface area (Å²) in [5, 5.41) is 0. The molecule has 1 aromatic rings. The molecule has 0 aliphatic heterocycles. The minimum Gasteiger partial charge on any atom is -0.484 e. The van der Waals surface area contributed by atoms with E-state index in [-0.39, 0.29) is 12.5 Å². The van der Waals surface area contributed by atoms with Crippen molar-refractivity contribution in [1.29, 1.82) is 0 Å². The lowest BCUT2D eigenvalue weighted by Crippen LogP contribution is -2.27. The summed E-state index contributed by atoms with van der Waals surface area (Å²) >= 11 is 0. The predicted molar refractivity (Wildman–Crippen MR) is 60.1 cm³/mol. The Balaban J connectivity index is 2.62. The summed E-state index contributed by atoms with van der Waals surface area (Å²) in [6.07, 6.45) is 0. The summed E-state index contributed by atoms with van der Waals surface area (Å²) in [5.41, 5.74) is 2.25. The summed E-state index contributed by atoms with van der Waals surface area (Å²) in [6, 6.07) is 5.91. The Hall–Kier alpha value is -1.51. The largest absolute Gasteiger partial charge is 0.484 e. The molecule has 0 saturated heterocycles. The SMILES string of the molecule is Cc1ccc(OCC(=O)N(C)C)c(C)c1. The van der Waals surface area contributed by atoms with Crippen LogP contribution in [0, 0.1) is 13.8 Å². The van der Waals surface area contributed by atoms with Crippen LogP contribution in [0.15, 0.2) is 18.2 Å². The molecule has 0 unspecified atom stereocenters. The number of carbonyl (C=O) groups is 1. The van der Waals surface area contributed by atoms with Crippen LogP contribution >= 0.6 is 0 Å². The molecular weight excluding hydrogens is 190 g/mol. The van der Waals surface area contributed by atoms with Gasteiger partial charge in [-0.1, -0.05) is 17.7 Å². The lowest BCUT2D eigenvalue weighted by Gasteiger charge is -2.12. The number of carbonyl (C=O) groups excluding carboxylic acids is 1. The first-order chi connectivity index (χ1) is 7.00. The molecule has 1 rings (SSSR count). The van der Waals surface area contributed by atoms with Crippen LogP contribution in [0.25, 0.3) is 0 Å². The number of hydrogen-bond acceptors (Lipinski definition) is 2. The van der Waals surface area contributed by atoms with Gasteiger partial charge in [0.1, 0.15) is 5.75 Å². The predicted octanol–water partition coefficient (Wildman–Crippen LogP) is 1.77. The molecule has 0 bridgehead atoms. The Bertz CT molecular complexity index is 359. The van der Waals surface area contributed by atoms with E-state index in [0.717, 1.165) is 11.3 Å². The summed E-state index contributed by atoms with van der Waals surface area (Å²) in [7, 11) is 3.43. The maximum absolute atomic E-state index is 11.3. The fourth-order valence-corrected chi connectivity index (χ4v) is 1.23. The van der Waals surface area contributed by atoms with Gasteiger partial charge < -0.3 is 9.64 Å². The molecule has 3 nitrogen and oxygen atoms in total. The molecule has 3 heteroatoms. The van der Waals surface area contributed by atoms with Gasteiger partial charge in [0, 0.05) is 14.1 Å². The number of ether oxygens (including phenoxy) is 1. The standard InChI is InChI=1S/C12H17NO2/c1-9-5-6-11(10(2)7-9)15-8-12(14)13(3)4/h5-7H,8H2,1-4H3. The van der Waals surface area contributed by atoms with Gasteiger partial charge in [-0.2, -0.15) is 0 Å². The first-order valence-electron chi connectivity index (χ1n) is 4.91. The minimum atomic E-state index is -0.0324. The highest BCUT2D eigenvalue weighted by Crippen LogP contribution is 2.18. The summed E-state index contributed by atoms with van der Waals surface area (Å²) < 4.78 is 5.42. The number of likely N-dealkylation sites (N-methyl/N-ethyl adjacent to an activating group) is 1. The maximum Gasteiger partial charge on any atom is 0.259 e. The quantitative estimate of drug-likeness (QED) is 0.756. The highest BCUT2D eigenvalue weighted by molar-refractivity contribution is 5.77. The molecular formula is C12H17NO2. The average molecular weight is 207 g/mol. The van der Waals surface area contributed by atoms with Gasteiger partial charge in [-0.3, -0.25) is 4.79 Å². The van der Waals surface area contributed by atoms with Gasteiger partial charge in [-0.05, 0) is 25.5 Å². The summed E-state index contributed by atoms with van der Waals surface area (Å²) in [6.45, 7) is 4.10. The second-order valence-electron chi connectivity index (χ2n) is 3.85. The highest BCUT2D eigenvalue weighted by atomic mass is 16.5. The molecule has 0 aliphatic rings. The molecule has 0 radical (unpaired) electrons. The molecule has 0 atom stereocenters. The van der Waals surface area contributed by atoms with Crippen LogP contribution in [0.4, 0.5) is 0 Å². The molecule has 0 fully saturated rings. The van der Waals surface area contributed by atoms with Crippen molar-refractivity contribution in [2.75, 3.05) is 20.7 Å². The van der Waals surface area contributed by atoms with Crippen molar-refractivity contribution in [3.8, 4) is 5.75 Å². The zero-order valence-corrected chi connectivity index (χ0v) is 9.70. The summed E-state index contributed by atoms with van der Waals surface area (Å²) in [4.78, 5) is 12.8. The summed E-state index contributed by atoms with van der Waals surface area (Å²) in [5.74, 6) is 0.741. The number of amides is 1. The van der Waals surface area contributed by atoms with E-state index in [1.54, 1.807) is 14.1 Å². The van der Waals surface area contributed by atoms with Gasteiger partial charge in [-0.25, -0.2) is 0 Å². The van der Waals surface area contributed by atoms with E-state index in [4.69, 9.17) is 4.74 Å². The van der Waals surface area contributed by atoms with Gasteiger partial charge >= 0.3 is 0 Å². The first kappa shape index (κ1) is 11.6. The third-order valence-corrected chi connectivity index (χ3v) is 2.18. The van der Waals surface area contributed by atoms with Crippen molar-refractivity contribution in [3.63, 3.8) is 0 Å². The van der Waals surface area contributed by atoms with Crippen LogP contribution < -0.4 is 4.74 Å². The lowest BCUT2D eigenvalue weighted by atomic mass is 10.1. The minimum absolute atomic E-state index is 0.0324. The smallest absolute Gasteiger partial charge is 0.259 e. The van der Waals surface area contributed by atoms with Crippen LogP contribution in [0.1, 0.15) is 11.1 Å². The van der Waals surface area contributed by atoms with Crippen LogP contribution in [0.2, 0.25) is 0 Å². The number of aryl methyl sites for hydroxylation is 2. The number of benzene rings is 1. The van der Waals surface area contributed by atoms with Crippen LogP contribution in [0.5, 0.6) is 5.75 Å².